The number of nitrogens with one attached hydrogen (secondary N) is 1. The largest absolute Gasteiger partial charge is 0.469 e. The summed E-state index contributed by atoms with van der Waals surface area (Å²) in [7, 11) is 1.31. The van der Waals surface area contributed by atoms with Gasteiger partial charge in [0.2, 0.25) is 5.91 Å². The Morgan fingerprint density at radius 3 is 2.60 bits per heavy atom. The maximum absolute atomic E-state index is 12.1. The summed E-state index contributed by atoms with van der Waals surface area (Å²) in [6, 6.07) is 17.4. The van der Waals surface area contributed by atoms with Gasteiger partial charge in [0, 0.05) is 35.0 Å². The molecule has 0 fully saturated rings. The zero-order chi connectivity index (χ0) is 21.3. The summed E-state index contributed by atoms with van der Waals surface area (Å²) in [5, 5.41) is 8.04. The SMILES string of the molecule is COC(=O)CCNC(=O)/C=C/c1cn(Cc2ccccc2Cl)nc1-c1ccccc1. The van der Waals surface area contributed by atoms with Gasteiger partial charge >= 0.3 is 5.97 Å². The van der Waals surface area contributed by atoms with E-state index in [0.717, 1.165) is 22.4 Å². The van der Waals surface area contributed by atoms with E-state index in [1.165, 1.54) is 13.2 Å². The lowest BCUT2D eigenvalue weighted by Gasteiger charge is -2.04. The van der Waals surface area contributed by atoms with Gasteiger partial charge in [0.05, 0.1) is 25.8 Å². The molecule has 0 radical (unpaired) electrons. The molecule has 1 amide bonds. The van der Waals surface area contributed by atoms with Crippen LogP contribution >= 0.6 is 11.6 Å². The topological polar surface area (TPSA) is 73.2 Å². The number of esters is 1. The van der Waals surface area contributed by atoms with Gasteiger partial charge in [-0.2, -0.15) is 5.10 Å². The molecule has 0 saturated carbocycles. The molecule has 0 spiro atoms. The molecule has 0 aliphatic carbocycles. The van der Waals surface area contributed by atoms with Crippen molar-refractivity contribution in [1.29, 1.82) is 0 Å². The van der Waals surface area contributed by atoms with Crippen LogP contribution in [0.5, 0.6) is 0 Å². The predicted octanol–water partition coefficient (Wildman–Crippen LogP) is 3.94. The molecule has 1 N–H and O–H groups in total. The molecule has 0 bridgehead atoms. The van der Waals surface area contributed by atoms with Crippen molar-refractivity contribution in [2.45, 2.75) is 13.0 Å². The number of hydrogen-bond donors (Lipinski definition) is 1. The van der Waals surface area contributed by atoms with E-state index in [1.54, 1.807) is 10.8 Å². The minimum atomic E-state index is -0.369. The Morgan fingerprint density at radius 1 is 1.13 bits per heavy atom. The molecule has 30 heavy (non-hydrogen) atoms. The molecular formula is C23H22ClN3O3. The zero-order valence-corrected chi connectivity index (χ0v) is 17.3. The van der Waals surface area contributed by atoms with E-state index in [4.69, 9.17) is 16.7 Å². The van der Waals surface area contributed by atoms with Crippen LogP contribution in [0.3, 0.4) is 0 Å². The van der Waals surface area contributed by atoms with Gasteiger partial charge in [0.25, 0.3) is 0 Å². The van der Waals surface area contributed by atoms with Gasteiger partial charge in [-0.3, -0.25) is 14.3 Å². The van der Waals surface area contributed by atoms with Crippen LogP contribution in [0.1, 0.15) is 17.5 Å². The van der Waals surface area contributed by atoms with Gasteiger partial charge in [-0.1, -0.05) is 60.1 Å². The highest BCUT2D eigenvalue weighted by molar-refractivity contribution is 6.31. The lowest BCUT2D eigenvalue weighted by molar-refractivity contribution is -0.140. The Bertz CT molecular complexity index is 1040. The molecular weight excluding hydrogens is 402 g/mol. The Hall–Kier alpha value is -3.38. The number of ether oxygens (including phenoxy) is 1. The highest BCUT2D eigenvalue weighted by Gasteiger charge is 2.11. The number of hydrogen-bond acceptors (Lipinski definition) is 4. The van der Waals surface area contributed by atoms with Crippen molar-refractivity contribution < 1.29 is 14.3 Å². The fourth-order valence-electron chi connectivity index (χ4n) is 2.88. The second kappa shape index (κ2) is 10.4. The summed E-state index contributed by atoms with van der Waals surface area (Å²) in [6.07, 6.45) is 5.15. The third-order valence-corrected chi connectivity index (χ3v) is 4.77. The lowest BCUT2D eigenvalue weighted by atomic mass is 10.1. The Morgan fingerprint density at radius 2 is 1.87 bits per heavy atom. The second-order valence-corrected chi connectivity index (χ2v) is 6.95. The van der Waals surface area contributed by atoms with Crippen molar-refractivity contribution >= 4 is 29.6 Å². The number of halogens is 1. The summed E-state index contributed by atoms with van der Waals surface area (Å²) < 4.78 is 6.36. The standard InChI is InChI=1S/C23H22ClN3O3/c1-30-22(29)13-14-25-21(28)12-11-19-16-27(15-18-9-5-6-10-20(18)24)26-23(19)17-7-3-2-4-8-17/h2-12,16H,13-15H2,1H3,(H,25,28)/b12-11+. The molecule has 3 aromatic rings. The third kappa shape index (κ3) is 5.81. The molecule has 1 aromatic heterocycles. The van der Waals surface area contributed by atoms with E-state index >= 15 is 0 Å². The van der Waals surface area contributed by atoms with E-state index in [2.05, 4.69) is 10.1 Å². The van der Waals surface area contributed by atoms with E-state index in [0.29, 0.717) is 11.6 Å². The van der Waals surface area contributed by atoms with Crippen LogP contribution in [0.15, 0.2) is 66.9 Å². The Labute approximate surface area is 180 Å². The molecule has 7 heteroatoms. The molecule has 0 saturated heterocycles. The van der Waals surface area contributed by atoms with E-state index in [1.807, 2.05) is 60.8 Å². The number of carbonyl (C=O) groups is 2. The van der Waals surface area contributed by atoms with Crippen LogP contribution in [-0.4, -0.2) is 35.3 Å². The number of rotatable bonds is 8. The van der Waals surface area contributed by atoms with Crippen LogP contribution < -0.4 is 5.32 Å². The maximum atomic E-state index is 12.1. The van der Waals surface area contributed by atoms with Crippen molar-refractivity contribution in [3.8, 4) is 11.3 Å². The van der Waals surface area contributed by atoms with E-state index < -0.39 is 0 Å². The molecule has 6 nitrogen and oxygen atoms in total. The summed E-state index contributed by atoms with van der Waals surface area (Å²) in [4.78, 5) is 23.2. The van der Waals surface area contributed by atoms with Crippen molar-refractivity contribution in [3.63, 3.8) is 0 Å². The highest BCUT2D eigenvalue weighted by atomic mass is 35.5. The molecule has 0 unspecified atom stereocenters. The predicted molar refractivity (Wildman–Crippen MR) is 117 cm³/mol. The fraction of sp³-hybridized carbons (Fsp3) is 0.174. The zero-order valence-electron chi connectivity index (χ0n) is 16.5. The van der Waals surface area contributed by atoms with Crippen molar-refractivity contribution in [2.75, 3.05) is 13.7 Å². The number of methoxy groups -OCH3 is 1. The van der Waals surface area contributed by atoms with E-state index in [-0.39, 0.29) is 24.8 Å². The number of aromatic nitrogens is 2. The Kier molecular flexibility index (Phi) is 7.40. The van der Waals surface area contributed by atoms with Crippen LogP contribution in [0, 0.1) is 0 Å². The smallest absolute Gasteiger partial charge is 0.307 e. The van der Waals surface area contributed by atoms with Gasteiger partial charge in [0.15, 0.2) is 0 Å². The van der Waals surface area contributed by atoms with Gasteiger partial charge in [-0.15, -0.1) is 0 Å². The average Bonchev–Trinajstić information content (AvgIpc) is 3.17. The van der Waals surface area contributed by atoms with Gasteiger partial charge in [-0.05, 0) is 17.7 Å². The minimum absolute atomic E-state index is 0.126. The van der Waals surface area contributed by atoms with E-state index in [9.17, 15) is 9.59 Å². The summed E-state index contributed by atoms with van der Waals surface area (Å²) in [5.41, 5.74) is 3.47. The summed E-state index contributed by atoms with van der Waals surface area (Å²) in [5.74, 6) is -0.664. The molecule has 0 aliphatic heterocycles. The Balaban J connectivity index is 1.80. The van der Waals surface area contributed by atoms with Gasteiger partial charge in [-0.25, -0.2) is 0 Å². The normalized spacial score (nSPS) is 10.9. The maximum Gasteiger partial charge on any atom is 0.307 e. The summed E-state index contributed by atoms with van der Waals surface area (Å²) in [6.45, 7) is 0.728. The fourth-order valence-corrected chi connectivity index (χ4v) is 3.07. The first-order valence-electron chi connectivity index (χ1n) is 9.46. The molecule has 0 atom stereocenters. The van der Waals surface area contributed by atoms with Crippen LogP contribution in [-0.2, 0) is 20.9 Å². The number of carbonyl (C=O) groups excluding carboxylic acids is 2. The monoisotopic (exact) mass is 423 g/mol. The molecule has 1 heterocycles. The molecule has 0 aliphatic rings. The average molecular weight is 424 g/mol. The first-order valence-corrected chi connectivity index (χ1v) is 9.83. The first kappa shape index (κ1) is 21.3. The van der Waals surface area contributed by atoms with Gasteiger partial charge in [0.1, 0.15) is 0 Å². The van der Waals surface area contributed by atoms with Gasteiger partial charge < -0.3 is 10.1 Å². The first-order chi connectivity index (χ1) is 14.6. The second-order valence-electron chi connectivity index (χ2n) is 6.54. The van der Waals surface area contributed by atoms with Crippen molar-refractivity contribution in [2.24, 2.45) is 0 Å². The third-order valence-electron chi connectivity index (χ3n) is 4.40. The minimum Gasteiger partial charge on any atom is -0.469 e. The van der Waals surface area contributed by atoms with Crippen LogP contribution in [0.25, 0.3) is 17.3 Å². The summed E-state index contributed by atoms with van der Waals surface area (Å²) >= 11 is 6.28. The van der Waals surface area contributed by atoms with Crippen LogP contribution in [0.2, 0.25) is 5.02 Å². The lowest BCUT2D eigenvalue weighted by Crippen LogP contribution is -2.24. The molecule has 3 rings (SSSR count). The molecule has 2 aromatic carbocycles. The number of nitrogens with zero attached hydrogens (tertiary/aromatic N) is 2. The quantitative estimate of drug-likeness (QED) is 0.440. The van der Waals surface area contributed by atoms with Crippen molar-refractivity contribution in [3.05, 3.63) is 83.0 Å². The highest BCUT2D eigenvalue weighted by Crippen LogP contribution is 2.24. The van der Waals surface area contributed by atoms with Crippen molar-refractivity contribution in [1.82, 2.24) is 15.1 Å². The van der Waals surface area contributed by atoms with Crippen LogP contribution in [0.4, 0.5) is 0 Å². The number of benzene rings is 2. The number of amides is 1. The molecule has 154 valence electrons.